The van der Waals surface area contributed by atoms with Gasteiger partial charge in [-0.25, -0.2) is 4.39 Å². The first kappa shape index (κ1) is 13.0. The van der Waals surface area contributed by atoms with Gasteiger partial charge in [0.2, 0.25) is 5.91 Å². The van der Waals surface area contributed by atoms with Gasteiger partial charge in [0.25, 0.3) is 0 Å². The highest BCUT2D eigenvalue weighted by Crippen LogP contribution is 2.14. The summed E-state index contributed by atoms with van der Waals surface area (Å²) in [6, 6.07) is 0. The van der Waals surface area contributed by atoms with Gasteiger partial charge in [0.05, 0.1) is 0 Å². The smallest absolute Gasteiger partial charge is 0.301 e. The number of halogens is 3. The number of amides is 1. The topological polar surface area (TPSA) is 29.1 Å². The third-order valence-electron chi connectivity index (χ3n) is 1.52. The Morgan fingerprint density at radius 3 is 2.07 bits per heavy atom. The summed E-state index contributed by atoms with van der Waals surface area (Å²) >= 11 is 0. The molecule has 0 radical (unpaired) electrons. The summed E-state index contributed by atoms with van der Waals surface area (Å²) in [6.07, 6.45) is -2.79. The molecule has 0 rings (SSSR count). The molecule has 0 aromatic heterocycles. The number of hydrogen-bond donors (Lipinski definition) is 1. The summed E-state index contributed by atoms with van der Waals surface area (Å²) in [5.74, 6) is -1.76. The van der Waals surface area contributed by atoms with Gasteiger partial charge in [0.15, 0.2) is 5.83 Å². The zero-order chi connectivity index (χ0) is 11.4. The van der Waals surface area contributed by atoms with E-state index in [1.54, 1.807) is 20.8 Å². The van der Waals surface area contributed by atoms with Crippen molar-refractivity contribution in [3.63, 3.8) is 0 Å². The summed E-state index contributed by atoms with van der Waals surface area (Å²) in [5, 5.41) is 2.36. The molecule has 0 aliphatic rings. The van der Waals surface area contributed by atoms with E-state index < -0.39 is 23.7 Å². The van der Waals surface area contributed by atoms with Crippen LogP contribution in [0, 0.1) is 5.41 Å². The van der Waals surface area contributed by atoms with Gasteiger partial charge in [-0.3, -0.25) is 4.79 Å². The molecule has 0 aromatic rings. The van der Waals surface area contributed by atoms with Crippen LogP contribution in [0.15, 0.2) is 11.9 Å². The van der Waals surface area contributed by atoms with E-state index in [0.717, 1.165) is 0 Å². The van der Waals surface area contributed by atoms with E-state index in [4.69, 9.17) is 0 Å². The SMILES string of the molecule is CC(C)(C)C(=O)NCCC(F)=C(F)F. The first-order valence-electron chi connectivity index (χ1n) is 4.23. The van der Waals surface area contributed by atoms with Gasteiger partial charge in [0.1, 0.15) is 0 Å². The Morgan fingerprint density at radius 2 is 1.71 bits per heavy atom. The van der Waals surface area contributed by atoms with E-state index in [1.807, 2.05) is 0 Å². The van der Waals surface area contributed by atoms with Crippen LogP contribution in [0.1, 0.15) is 27.2 Å². The quantitative estimate of drug-likeness (QED) is 0.760. The van der Waals surface area contributed by atoms with Gasteiger partial charge < -0.3 is 5.32 Å². The van der Waals surface area contributed by atoms with Crippen LogP contribution >= 0.6 is 0 Å². The van der Waals surface area contributed by atoms with Crippen molar-refractivity contribution in [2.75, 3.05) is 6.54 Å². The van der Waals surface area contributed by atoms with Crippen LogP contribution in [0.3, 0.4) is 0 Å². The molecule has 0 saturated carbocycles. The van der Waals surface area contributed by atoms with E-state index in [1.165, 1.54) is 0 Å². The van der Waals surface area contributed by atoms with Crippen LogP contribution in [0.4, 0.5) is 13.2 Å². The molecule has 2 nitrogen and oxygen atoms in total. The van der Waals surface area contributed by atoms with Crippen molar-refractivity contribution in [3.05, 3.63) is 11.9 Å². The average Bonchev–Trinajstić information content (AvgIpc) is 2.01. The maximum Gasteiger partial charge on any atom is 0.301 e. The normalized spacial score (nSPS) is 11.0. The van der Waals surface area contributed by atoms with E-state index in [2.05, 4.69) is 5.32 Å². The molecule has 14 heavy (non-hydrogen) atoms. The second-order valence-electron chi connectivity index (χ2n) is 3.92. The summed E-state index contributed by atoms with van der Waals surface area (Å²) in [5.41, 5.74) is -0.589. The van der Waals surface area contributed by atoms with Crippen LogP contribution in [0.5, 0.6) is 0 Å². The van der Waals surface area contributed by atoms with Gasteiger partial charge in [-0.15, -0.1) is 0 Å². The first-order chi connectivity index (χ1) is 6.25. The number of carbonyl (C=O) groups excluding carboxylic acids is 1. The maximum absolute atomic E-state index is 12.3. The van der Waals surface area contributed by atoms with Crippen molar-refractivity contribution >= 4 is 5.91 Å². The molecule has 0 aliphatic carbocycles. The Balaban J connectivity index is 3.88. The Bertz CT molecular complexity index is 239. The number of nitrogens with one attached hydrogen (secondary N) is 1. The minimum Gasteiger partial charge on any atom is -0.355 e. The predicted molar refractivity (Wildman–Crippen MR) is 47.4 cm³/mol. The van der Waals surface area contributed by atoms with Gasteiger partial charge in [-0.1, -0.05) is 20.8 Å². The second-order valence-corrected chi connectivity index (χ2v) is 3.92. The molecule has 0 fully saturated rings. The second kappa shape index (κ2) is 5.02. The predicted octanol–water partition coefficient (Wildman–Crippen LogP) is 2.62. The minimum absolute atomic E-state index is 0.112. The molecule has 0 unspecified atom stereocenters. The summed E-state index contributed by atoms with van der Waals surface area (Å²) < 4.78 is 35.4. The van der Waals surface area contributed by atoms with E-state index in [0.29, 0.717) is 0 Å². The minimum atomic E-state index is -2.32. The fourth-order valence-corrected chi connectivity index (χ4v) is 0.645. The van der Waals surface area contributed by atoms with Crippen molar-refractivity contribution < 1.29 is 18.0 Å². The highest BCUT2D eigenvalue weighted by atomic mass is 19.3. The van der Waals surface area contributed by atoms with Crippen LogP contribution in [0.25, 0.3) is 0 Å². The molecular weight excluding hydrogens is 195 g/mol. The maximum atomic E-state index is 12.3. The lowest BCUT2D eigenvalue weighted by Crippen LogP contribution is -2.35. The highest BCUT2D eigenvalue weighted by Gasteiger charge is 2.20. The van der Waals surface area contributed by atoms with E-state index in [-0.39, 0.29) is 12.5 Å². The first-order valence-corrected chi connectivity index (χ1v) is 4.23. The van der Waals surface area contributed by atoms with Crippen LogP contribution in [0.2, 0.25) is 0 Å². The number of rotatable bonds is 3. The Morgan fingerprint density at radius 1 is 1.21 bits per heavy atom. The molecular formula is C9H14F3NO. The summed E-state index contributed by atoms with van der Waals surface area (Å²) in [6.45, 7) is 4.94. The lowest BCUT2D eigenvalue weighted by atomic mass is 9.96. The van der Waals surface area contributed by atoms with Crippen molar-refractivity contribution in [2.24, 2.45) is 5.41 Å². The molecule has 0 atom stereocenters. The molecule has 0 aliphatic heterocycles. The average molecular weight is 209 g/mol. The van der Waals surface area contributed by atoms with Gasteiger partial charge in [-0.2, -0.15) is 8.78 Å². The molecule has 1 N–H and O–H groups in total. The van der Waals surface area contributed by atoms with E-state index in [9.17, 15) is 18.0 Å². The lowest BCUT2D eigenvalue weighted by molar-refractivity contribution is -0.128. The number of hydrogen-bond acceptors (Lipinski definition) is 1. The summed E-state index contributed by atoms with van der Waals surface area (Å²) in [7, 11) is 0. The molecule has 0 heterocycles. The largest absolute Gasteiger partial charge is 0.355 e. The number of carbonyl (C=O) groups is 1. The van der Waals surface area contributed by atoms with E-state index >= 15 is 0 Å². The zero-order valence-corrected chi connectivity index (χ0v) is 8.46. The molecule has 0 spiro atoms. The molecule has 0 saturated heterocycles. The Labute approximate surface area is 81.2 Å². The lowest BCUT2D eigenvalue weighted by Gasteiger charge is -2.17. The van der Waals surface area contributed by atoms with Gasteiger partial charge in [-0.05, 0) is 0 Å². The fraction of sp³-hybridized carbons (Fsp3) is 0.667. The Kier molecular flexibility index (Phi) is 4.67. The molecule has 82 valence electrons. The third-order valence-corrected chi connectivity index (χ3v) is 1.52. The Hall–Kier alpha value is -1.00. The highest BCUT2D eigenvalue weighted by molar-refractivity contribution is 5.81. The monoisotopic (exact) mass is 209 g/mol. The summed E-state index contributed by atoms with van der Waals surface area (Å²) in [4.78, 5) is 11.2. The molecule has 1 amide bonds. The third kappa shape index (κ3) is 4.89. The van der Waals surface area contributed by atoms with Crippen LogP contribution < -0.4 is 5.32 Å². The van der Waals surface area contributed by atoms with Gasteiger partial charge in [0, 0.05) is 18.4 Å². The van der Waals surface area contributed by atoms with Crippen molar-refractivity contribution in [3.8, 4) is 0 Å². The standard InChI is InChI=1S/C9H14F3NO/c1-9(2,3)8(14)13-5-4-6(10)7(11)12/h4-5H2,1-3H3,(H,13,14). The molecule has 5 heteroatoms. The van der Waals surface area contributed by atoms with Crippen molar-refractivity contribution in [2.45, 2.75) is 27.2 Å². The fourth-order valence-electron chi connectivity index (χ4n) is 0.645. The molecule has 0 bridgehead atoms. The molecule has 0 aromatic carbocycles. The van der Waals surface area contributed by atoms with Crippen molar-refractivity contribution in [1.29, 1.82) is 0 Å². The van der Waals surface area contributed by atoms with Gasteiger partial charge >= 0.3 is 6.08 Å². The van der Waals surface area contributed by atoms with Crippen molar-refractivity contribution in [1.82, 2.24) is 5.32 Å². The van der Waals surface area contributed by atoms with Crippen LogP contribution in [-0.2, 0) is 4.79 Å². The zero-order valence-electron chi connectivity index (χ0n) is 8.46. The van der Waals surface area contributed by atoms with Crippen LogP contribution in [-0.4, -0.2) is 12.5 Å².